The van der Waals surface area contributed by atoms with Crippen LogP contribution in [0.15, 0.2) is 41.8 Å². The first-order valence-electron chi connectivity index (χ1n) is 14.0. The van der Waals surface area contributed by atoms with Crippen molar-refractivity contribution in [2.24, 2.45) is 12.0 Å². The summed E-state index contributed by atoms with van der Waals surface area (Å²) in [6, 6.07) is 6.85. The number of carbonyl (C=O) groups excluding carboxylic acids is 2. The van der Waals surface area contributed by atoms with Gasteiger partial charge in [0.05, 0.1) is 29.5 Å². The maximum absolute atomic E-state index is 13.1. The number of ether oxygens (including phenoxy) is 1. The van der Waals surface area contributed by atoms with Crippen LogP contribution in [0.25, 0.3) is 5.00 Å². The number of nitrogens with zero attached hydrogens (tertiary/aromatic N) is 6. The number of fused-ring (bicyclic) bond motifs is 3. The third-order valence-electron chi connectivity index (χ3n) is 6.73. The number of nitrogens with one attached hydrogen (secondary N) is 2. The highest BCUT2D eigenvalue weighted by molar-refractivity contribution is 7.15. The first-order chi connectivity index (χ1) is 20.9. The monoisotopic (exact) mass is 632 g/mol. The van der Waals surface area contributed by atoms with Crippen LogP contribution in [-0.4, -0.2) is 60.7 Å². The molecule has 2 amide bonds. The second-order valence-electron chi connectivity index (χ2n) is 11.3. The molecule has 0 bridgehead atoms. The molecule has 4 aromatic rings. The minimum atomic E-state index is -0.622. The number of thiophene rings is 1. The Balaban J connectivity index is 1.48. The van der Waals surface area contributed by atoms with Crippen LogP contribution >= 0.6 is 22.9 Å². The number of benzene rings is 1. The number of hydrogen-bond acceptors (Lipinski definition) is 8. The van der Waals surface area contributed by atoms with Crippen LogP contribution in [0, 0.1) is 25.7 Å². The Labute approximate surface area is 264 Å². The molecule has 11 nitrogen and oxygen atoms in total. The lowest BCUT2D eigenvalue weighted by Gasteiger charge is -2.19. The number of carbonyl (C=O) groups is 2. The van der Waals surface area contributed by atoms with E-state index in [2.05, 4.69) is 37.7 Å². The van der Waals surface area contributed by atoms with Crippen molar-refractivity contribution in [1.82, 2.24) is 34.9 Å². The van der Waals surface area contributed by atoms with E-state index in [4.69, 9.17) is 21.3 Å². The molecule has 0 aliphatic carbocycles. The highest BCUT2D eigenvalue weighted by Crippen LogP contribution is 2.39. The fraction of sp³-hybridized carbons (Fsp3) is 0.355. The van der Waals surface area contributed by atoms with Gasteiger partial charge >= 0.3 is 6.09 Å². The van der Waals surface area contributed by atoms with Crippen molar-refractivity contribution in [2.75, 3.05) is 13.1 Å². The predicted molar refractivity (Wildman–Crippen MR) is 170 cm³/mol. The molecule has 0 radical (unpaired) electrons. The number of amides is 2. The molecule has 0 saturated carbocycles. The van der Waals surface area contributed by atoms with Gasteiger partial charge in [0.1, 0.15) is 28.2 Å². The van der Waals surface area contributed by atoms with Crippen LogP contribution in [0.3, 0.4) is 0 Å². The number of aryl methyl sites for hydroxylation is 2. The zero-order valence-electron chi connectivity index (χ0n) is 25.4. The lowest BCUT2D eigenvalue weighted by atomic mass is 9.99. The predicted octanol–water partition coefficient (Wildman–Crippen LogP) is 4.66. The second-order valence-corrected chi connectivity index (χ2v) is 12.7. The molecule has 1 aliphatic rings. The van der Waals surface area contributed by atoms with E-state index >= 15 is 0 Å². The maximum atomic E-state index is 13.1. The summed E-state index contributed by atoms with van der Waals surface area (Å²) in [5.41, 5.74) is 3.63. The smallest absolute Gasteiger partial charge is 0.407 e. The van der Waals surface area contributed by atoms with Gasteiger partial charge in [0.2, 0.25) is 5.91 Å². The number of aromatic nitrogens is 5. The molecule has 0 saturated heterocycles. The minimum Gasteiger partial charge on any atom is -0.444 e. The fourth-order valence-corrected chi connectivity index (χ4v) is 6.01. The van der Waals surface area contributed by atoms with Crippen molar-refractivity contribution in [3.8, 4) is 16.8 Å². The Morgan fingerprint density at radius 3 is 2.50 bits per heavy atom. The average molecular weight is 633 g/mol. The third-order valence-corrected chi connectivity index (χ3v) is 8.18. The number of halogens is 1. The van der Waals surface area contributed by atoms with Gasteiger partial charge in [-0.05, 0) is 64.2 Å². The molecule has 1 aliphatic heterocycles. The molecule has 0 spiro atoms. The van der Waals surface area contributed by atoms with Gasteiger partial charge in [-0.1, -0.05) is 23.7 Å². The minimum absolute atomic E-state index is 0.0306. The summed E-state index contributed by atoms with van der Waals surface area (Å²) < 4.78 is 9.08. The number of alkyl carbamates (subject to hydrolysis) is 1. The Morgan fingerprint density at radius 2 is 1.82 bits per heavy atom. The van der Waals surface area contributed by atoms with Gasteiger partial charge < -0.3 is 19.9 Å². The standard InChI is InChI=1S/C31H33ClN8O3S/c1-18-24(12-11-22-16-33-17-39(22)6)44-29-26(18)27(20-7-9-21(32)10-8-20)36-23(28-38-37-19(2)40(28)29)15-25(41)34-13-14-35-30(42)43-31(3,4)5/h7-10,16-17,23H,13-15H2,1-6H3,(H,34,41)(H,35,42)/t23-/m0/s1. The van der Waals surface area contributed by atoms with E-state index in [-0.39, 0.29) is 25.4 Å². The molecule has 1 atom stereocenters. The van der Waals surface area contributed by atoms with Gasteiger partial charge in [-0.3, -0.25) is 14.4 Å². The molecule has 228 valence electrons. The van der Waals surface area contributed by atoms with Crippen LogP contribution in [0.2, 0.25) is 5.02 Å². The molecule has 13 heteroatoms. The van der Waals surface area contributed by atoms with Crippen LogP contribution in [-0.2, 0) is 16.6 Å². The molecule has 4 heterocycles. The van der Waals surface area contributed by atoms with E-state index in [1.807, 2.05) is 54.3 Å². The van der Waals surface area contributed by atoms with E-state index in [1.165, 1.54) is 11.3 Å². The van der Waals surface area contributed by atoms with E-state index in [0.29, 0.717) is 22.4 Å². The molecule has 0 fully saturated rings. The number of aliphatic imine (C=N–C) groups is 1. The SMILES string of the molecule is Cc1c(C#Cc2cncn2C)sc2c1C(c1ccc(Cl)cc1)=N[C@@H](CC(=O)NCCNC(=O)OC(C)(C)C)c1nnc(C)n1-2. The van der Waals surface area contributed by atoms with Gasteiger partial charge in [-0.15, -0.1) is 21.5 Å². The first kappa shape index (κ1) is 31.0. The van der Waals surface area contributed by atoms with Crippen molar-refractivity contribution in [2.45, 2.75) is 52.7 Å². The van der Waals surface area contributed by atoms with E-state index in [1.54, 1.807) is 33.3 Å². The molecule has 5 rings (SSSR count). The highest BCUT2D eigenvalue weighted by Gasteiger charge is 2.32. The van der Waals surface area contributed by atoms with Crippen molar-refractivity contribution in [1.29, 1.82) is 0 Å². The lowest BCUT2D eigenvalue weighted by molar-refractivity contribution is -0.121. The van der Waals surface area contributed by atoms with Crippen molar-refractivity contribution in [3.05, 3.63) is 80.7 Å². The van der Waals surface area contributed by atoms with E-state index in [0.717, 1.165) is 32.3 Å². The summed E-state index contributed by atoms with van der Waals surface area (Å²) in [7, 11) is 1.90. The van der Waals surface area contributed by atoms with Gasteiger partial charge in [-0.25, -0.2) is 9.78 Å². The third kappa shape index (κ3) is 6.85. The van der Waals surface area contributed by atoms with Gasteiger partial charge in [0.25, 0.3) is 0 Å². The fourth-order valence-electron chi connectivity index (χ4n) is 4.67. The quantitative estimate of drug-likeness (QED) is 0.235. The largest absolute Gasteiger partial charge is 0.444 e. The molecular formula is C31H33ClN8O3S. The Bertz CT molecular complexity index is 1800. The van der Waals surface area contributed by atoms with Gasteiger partial charge in [0, 0.05) is 36.3 Å². The van der Waals surface area contributed by atoms with Gasteiger partial charge in [-0.2, -0.15) is 0 Å². The van der Waals surface area contributed by atoms with E-state index in [9.17, 15) is 9.59 Å². The summed E-state index contributed by atoms with van der Waals surface area (Å²) in [5.74, 6) is 7.54. The number of hydrogen-bond donors (Lipinski definition) is 2. The molecule has 3 aromatic heterocycles. The summed E-state index contributed by atoms with van der Waals surface area (Å²) >= 11 is 7.76. The van der Waals surface area contributed by atoms with Crippen molar-refractivity contribution < 1.29 is 14.3 Å². The summed E-state index contributed by atoms with van der Waals surface area (Å²) in [6.45, 7) is 9.72. The molecule has 2 N–H and O–H groups in total. The number of imidazole rings is 1. The van der Waals surface area contributed by atoms with Crippen LogP contribution in [0.5, 0.6) is 0 Å². The first-order valence-corrected chi connectivity index (χ1v) is 15.2. The summed E-state index contributed by atoms with van der Waals surface area (Å²) in [6.07, 6.45) is 2.93. The number of rotatable bonds is 6. The second kappa shape index (κ2) is 12.6. The molecular weight excluding hydrogens is 600 g/mol. The van der Waals surface area contributed by atoms with Crippen LogP contribution < -0.4 is 10.6 Å². The van der Waals surface area contributed by atoms with Gasteiger partial charge in [0.15, 0.2) is 5.82 Å². The maximum Gasteiger partial charge on any atom is 0.407 e. The Kier molecular flexibility index (Phi) is 8.90. The molecule has 1 aromatic carbocycles. The zero-order valence-corrected chi connectivity index (χ0v) is 26.9. The summed E-state index contributed by atoms with van der Waals surface area (Å²) in [4.78, 5) is 35.3. The van der Waals surface area contributed by atoms with Crippen molar-refractivity contribution >= 4 is 40.6 Å². The topological polar surface area (TPSA) is 128 Å². The van der Waals surface area contributed by atoms with E-state index < -0.39 is 17.7 Å². The molecule has 44 heavy (non-hydrogen) atoms. The highest BCUT2D eigenvalue weighted by atomic mass is 35.5. The molecule has 0 unspecified atom stereocenters. The van der Waals surface area contributed by atoms with Crippen LogP contribution in [0.4, 0.5) is 4.79 Å². The van der Waals surface area contributed by atoms with Crippen LogP contribution in [0.1, 0.15) is 72.1 Å². The summed E-state index contributed by atoms with van der Waals surface area (Å²) in [5, 5.41) is 15.8. The normalized spacial score (nSPS) is 14.0. The zero-order chi connectivity index (χ0) is 31.6. The Morgan fingerprint density at radius 1 is 1.09 bits per heavy atom. The average Bonchev–Trinajstić information content (AvgIpc) is 3.61. The Hall–Kier alpha value is -4.47. The van der Waals surface area contributed by atoms with Crippen molar-refractivity contribution in [3.63, 3.8) is 0 Å². The lowest BCUT2D eigenvalue weighted by Crippen LogP contribution is -2.38.